The molecule has 4 nitrogen and oxygen atoms in total. The molecule has 1 aromatic heterocycles. The van der Waals surface area contributed by atoms with Crippen LogP contribution in [0.2, 0.25) is 0 Å². The number of benzene rings is 1. The second-order valence-electron chi connectivity index (χ2n) is 4.73. The molecule has 1 heterocycles. The van der Waals surface area contributed by atoms with Crippen molar-refractivity contribution in [3.8, 4) is 0 Å². The zero-order valence-corrected chi connectivity index (χ0v) is 13.3. The largest absolute Gasteiger partial charge is 0.427 e. The Morgan fingerprint density at radius 1 is 1.23 bits per heavy atom. The first-order valence-electron chi connectivity index (χ1n) is 6.17. The summed E-state index contributed by atoms with van der Waals surface area (Å²) in [7, 11) is -3.27. The van der Waals surface area contributed by atoms with Gasteiger partial charge in [0.05, 0.1) is 17.1 Å². The maximum absolute atomic E-state index is 12.5. The lowest BCUT2D eigenvalue weighted by Gasteiger charge is -2.13. The predicted molar refractivity (Wildman–Crippen MR) is 78.7 cm³/mol. The Balaban J connectivity index is 2.12. The van der Waals surface area contributed by atoms with Gasteiger partial charge in [0.1, 0.15) is 4.88 Å². The number of rotatable bonds is 4. The lowest BCUT2D eigenvalue weighted by molar-refractivity contribution is -0.134. The van der Waals surface area contributed by atoms with E-state index in [4.69, 9.17) is 0 Å². The van der Waals surface area contributed by atoms with Crippen LogP contribution in [0.15, 0.2) is 35.4 Å². The molecule has 120 valence electrons. The molecule has 1 N–H and O–H groups in total. The van der Waals surface area contributed by atoms with Crippen molar-refractivity contribution in [3.63, 3.8) is 0 Å². The SMILES string of the molecule is CC(Nc1ncc(C(F)(F)F)s1)c1ccc(S(C)(=O)=O)cc1. The quantitative estimate of drug-likeness (QED) is 0.913. The van der Waals surface area contributed by atoms with Gasteiger partial charge < -0.3 is 5.32 Å². The molecule has 1 aromatic carbocycles. The third kappa shape index (κ3) is 3.98. The Morgan fingerprint density at radius 2 is 1.82 bits per heavy atom. The summed E-state index contributed by atoms with van der Waals surface area (Å²) in [6, 6.07) is 5.86. The third-order valence-electron chi connectivity index (χ3n) is 2.93. The number of aromatic nitrogens is 1. The first kappa shape index (κ1) is 16.8. The molecule has 0 bridgehead atoms. The van der Waals surface area contributed by atoms with E-state index in [0.29, 0.717) is 11.3 Å². The maximum Gasteiger partial charge on any atom is 0.427 e. The van der Waals surface area contributed by atoms with Gasteiger partial charge in [-0.15, -0.1) is 0 Å². The Kier molecular flexibility index (Phi) is 4.48. The zero-order chi connectivity index (χ0) is 16.5. The molecular weight excluding hydrogens is 337 g/mol. The van der Waals surface area contributed by atoms with E-state index in [1.165, 1.54) is 12.1 Å². The maximum atomic E-state index is 12.5. The summed E-state index contributed by atoms with van der Waals surface area (Å²) in [6.45, 7) is 1.75. The molecule has 0 spiro atoms. The standard InChI is InChI=1S/C13H13F3N2O2S2/c1-8(9-3-5-10(6-4-9)22(2,19)20)18-12-17-7-11(21-12)13(14,15)16/h3-8H,1-2H3,(H,17,18). The molecular formula is C13H13F3N2O2S2. The molecule has 1 atom stereocenters. The van der Waals surface area contributed by atoms with Crippen molar-refractivity contribution in [1.29, 1.82) is 0 Å². The van der Waals surface area contributed by atoms with E-state index in [1.807, 2.05) is 0 Å². The summed E-state index contributed by atoms with van der Waals surface area (Å²) in [5.41, 5.74) is 0.746. The van der Waals surface area contributed by atoms with Gasteiger partial charge in [-0.2, -0.15) is 13.2 Å². The number of nitrogens with zero attached hydrogens (tertiary/aromatic N) is 1. The first-order valence-corrected chi connectivity index (χ1v) is 8.88. The van der Waals surface area contributed by atoms with Gasteiger partial charge in [-0.05, 0) is 24.6 Å². The highest BCUT2D eigenvalue weighted by Crippen LogP contribution is 2.36. The van der Waals surface area contributed by atoms with E-state index < -0.39 is 20.9 Å². The smallest absolute Gasteiger partial charge is 0.355 e. The predicted octanol–water partition coefficient (Wildman–Crippen LogP) is 3.74. The first-order chi connectivity index (χ1) is 10.1. The summed E-state index contributed by atoms with van der Waals surface area (Å²) >= 11 is 0.527. The van der Waals surface area contributed by atoms with Crippen LogP contribution in [0.4, 0.5) is 18.3 Å². The summed E-state index contributed by atoms with van der Waals surface area (Å²) < 4.78 is 60.3. The van der Waals surface area contributed by atoms with E-state index in [1.54, 1.807) is 19.1 Å². The van der Waals surface area contributed by atoms with Crippen LogP contribution in [0.25, 0.3) is 0 Å². The Bertz CT molecular complexity index is 752. The van der Waals surface area contributed by atoms with Crippen LogP contribution in [0, 0.1) is 0 Å². The van der Waals surface area contributed by atoms with E-state index in [2.05, 4.69) is 10.3 Å². The highest BCUT2D eigenvalue weighted by molar-refractivity contribution is 7.90. The van der Waals surface area contributed by atoms with E-state index in [9.17, 15) is 21.6 Å². The topological polar surface area (TPSA) is 59.1 Å². The van der Waals surface area contributed by atoms with Crippen molar-refractivity contribution in [2.24, 2.45) is 0 Å². The number of thiazole rings is 1. The van der Waals surface area contributed by atoms with Crippen molar-refractivity contribution in [2.45, 2.75) is 24.0 Å². The van der Waals surface area contributed by atoms with Gasteiger partial charge in [-0.1, -0.05) is 23.5 Å². The highest BCUT2D eigenvalue weighted by Gasteiger charge is 2.33. The monoisotopic (exact) mass is 350 g/mol. The highest BCUT2D eigenvalue weighted by atomic mass is 32.2. The molecule has 0 radical (unpaired) electrons. The average Bonchev–Trinajstić information content (AvgIpc) is 2.86. The summed E-state index contributed by atoms with van der Waals surface area (Å²) in [4.78, 5) is 3.12. The molecule has 22 heavy (non-hydrogen) atoms. The van der Waals surface area contributed by atoms with Gasteiger partial charge in [-0.25, -0.2) is 13.4 Å². The van der Waals surface area contributed by atoms with Crippen molar-refractivity contribution >= 4 is 26.3 Å². The van der Waals surface area contributed by atoms with Crippen molar-refractivity contribution < 1.29 is 21.6 Å². The van der Waals surface area contributed by atoms with Crippen LogP contribution >= 0.6 is 11.3 Å². The zero-order valence-electron chi connectivity index (χ0n) is 11.7. The average molecular weight is 350 g/mol. The molecule has 0 aliphatic heterocycles. The molecule has 0 fully saturated rings. The van der Waals surface area contributed by atoms with Crippen LogP contribution in [0.1, 0.15) is 23.4 Å². The molecule has 9 heteroatoms. The Labute approximate surface area is 129 Å². The number of hydrogen-bond acceptors (Lipinski definition) is 5. The Hall–Kier alpha value is -1.61. The molecule has 0 aliphatic carbocycles. The fourth-order valence-electron chi connectivity index (χ4n) is 1.74. The van der Waals surface area contributed by atoms with Crippen LogP contribution in [-0.2, 0) is 16.0 Å². The van der Waals surface area contributed by atoms with Crippen molar-refractivity contribution in [2.75, 3.05) is 11.6 Å². The van der Waals surface area contributed by atoms with E-state index in [-0.39, 0.29) is 16.1 Å². The lowest BCUT2D eigenvalue weighted by atomic mass is 10.1. The van der Waals surface area contributed by atoms with E-state index in [0.717, 1.165) is 18.0 Å². The lowest BCUT2D eigenvalue weighted by Crippen LogP contribution is -2.06. The number of anilines is 1. The van der Waals surface area contributed by atoms with Gasteiger partial charge in [0, 0.05) is 6.26 Å². The van der Waals surface area contributed by atoms with Gasteiger partial charge in [0.2, 0.25) is 0 Å². The molecule has 0 amide bonds. The fourth-order valence-corrected chi connectivity index (χ4v) is 3.15. The third-order valence-corrected chi connectivity index (χ3v) is 5.04. The second kappa shape index (κ2) is 5.88. The minimum atomic E-state index is -4.40. The van der Waals surface area contributed by atoms with Crippen LogP contribution in [0.3, 0.4) is 0 Å². The number of halogens is 3. The minimum absolute atomic E-state index is 0.159. The van der Waals surface area contributed by atoms with Gasteiger partial charge in [0.15, 0.2) is 15.0 Å². The summed E-state index contributed by atoms with van der Waals surface area (Å²) in [5, 5.41) is 3.03. The number of hydrogen-bond donors (Lipinski definition) is 1. The normalized spacial score (nSPS) is 13.9. The number of nitrogens with one attached hydrogen (secondary N) is 1. The van der Waals surface area contributed by atoms with Crippen LogP contribution < -0.4 is 5.32 Å². The van der Waals surface area contributed by atoms with Crippen LogP contribution in [-0.4, -0.2) is 19.7 Å². The molecule has 2 aromatic rings. The minimum Gasteiger partial charge on any atom is -0.355 e. The Morgan fingerprint density at radius 3 is 2.27 bits per heavy atom. The van der Waals surface area contributed by atoms with Gasteiger partial charge in [0.25, 0.3) is 0 Å². The number of alkyl halides is 3. The van der Waals surface area contributed by atoms with Crippen LogP contribution in [0.5, 0.6) is 0 Å². The van der Waals surface area contributed by atoms with Gasteiger partial charge in [-0.3, -0.25) is 0 Å². The molecule has 0 saturated heterocycles. The van der Waals surface area contributed by atoms with Crippen molar-refractivity contribution in [3.05, 3.63) is 40.9 Å². The summed E-state index contributed by atoms with van der Waals surface area (Å²) in [5.74, 6) is 0. The second-order valence-corrected chi connectivity index (χ2v) is 7.78. The molecule has 1 unspecified atom stereocenters. The molecule has 0 saturated carbocycles. The number of sulfone groups is 1. The van der Waals surface area contributed by atoms with Crippen molar-refractivity contribution in [1.82, 2.24) is 4.98 Å². The van der Waals surface area contributed by atoms with E-state index >= 15 is 0 Å². The molecule has 2 rings (SSSR count). The fraction of sp³-hybridized carbons (Fsp3) is 0.308. The molecule has 0 aliphatic rings. The van der Waals surface area contributed by atoms with Gasteiger partial charge >= 0.3 is 6.18 Å². The summed E-state index contributed by atoms with van der Waals surface area (Å²) in [6.07, 6.45) is -2.51.